The number of nitrogens with zero attached hydrogens (tertiary/aromatic N) is 3. The van der Waals surface area contributed by atoms with E-state index in [0.29, 0.717) is 18.4 Å². The lowest BCUT2D eigenvalue weighted by atomic mass is 9.89. The van der Waals surface area contributed by atoms with E-state index in [2.05, 4.69) is 40.6 Å². The zero-order valence-corrected chi connectivity index (χ0v) is 13.6. The van der Waals surface area contributed by atoms with Crippen molar-refractivity contribution < 1.29 is 4.52 Å². The molecule has 1 aliphatic rings. The van der Waals surface area contributed by atoms with Gasteiger partial charge in [0, 0.05) is 20.1 Å². The van der Waals surface area contributed by atoms with Crippen molar-refractivity contribution in [2.75, 3.05) is 19.0 Å². The monoisotopic (exact) mass is 300 g/mol. The van der Waals surface area contributed by atoms with Crippen molar-refractivity contribution in [3.8, 4) is 0 Å². The van der Waals surface area contributed by atoms with Crippen molar-refractivity contribution in [1.82, 2.24) is 15.5 Å². The van der Waals surface area contributed by atoms with Gasteiger partial charge in [0.2, 0.25) is 5.89 Å². The quantitative estimate of drug-likeness (QED) is 0.920. The van der Waals surface area contributed by atoms with Crippen molar-refractivity contribution in [3.05, 3.63) is 40.8 Å². The molecule has 118 valence electrons. The number of nitrogens with one attached hydrogen (secondary N) is 1. The molecule has 2 aromatic rings. The van der Waals surface area contributed by atoms with Gasteiger partial charge < -0.3 is 14.7 Å². The summed E-state index contributed by atoms with van der Waals surface area (Å²) >= 11 is 0. The number of aromatic nitrogens is 2. The minimum atomic E-state index is 0.266. The van der Waals surface area contributed by atoms with Crippen LogP contribution in [0.3, 0.4) is 0 Å². The molecule has 1 N–H and O–H groups in total. The van der Waals surface area contributed by atoms with E-state index in [-0.39, 0.29) is 6.04 Å². The van der Waals surface area contributed by atoms with Crippen molar-refractivity contribution in [1.29, 1.82) is 0 Å². The average Bonchev–Trinajstić information content (AvgIpc) is 3.01. The first-order valence-corrected chi connectivity index (χ1v) is 7.98. The molecule has 1 heterocycles. The summed E-state index contributed by atoms with van der Waals surface area (Å²) in [6.45, 7) is 2.76. The lowest BCUT2D eigenvalue weighted by Crippen LogP contribution is -2.19. The fourth-order valence-corrected chi connectivity index (χ4v) is 2.88. The molecule has 0 bridgehead atoms. The fraction of sp³-hybridized carbons (Fsp3) is 0.529. The van der Waals surface area contributed by atoms with Crippen LogP contribution in [0.4, 0.5) is 5.95 Å². The molecule has 0 radical (unpaired) electrons. The Hall–Kier alpha value is -1.88. The zero-order valence-electron chi connectivity index (χ0n) is 13.6. The van der Waals surface area contributed by atoms with Crippen molar-refractivity contribution in [2.45, 2.75) is 45.2 Å². The Morgan fingerprint density at radius 3 is 2.73 bits per heavy atom. The van der Waals surface area contributed by atoms with Crippen LogP contribution in [0.5, 0.6) is 0 Å². The third kappa shape index (κ3) is 3.30. The summed E-state index contributed by atoms with van der Waals surface area (Å²) in [6, 6.07) is 7.15. The predicted molar refractivity (Wildman–Crippen MR) is 87.0 cm³/mol. The van der Waals surface area contributed by atoms with Crippen LogP contribution in [0.15, 0.2) is 22.7 Å². The second-order valence-electron chi connectivity index (χ2n) is 6.22. The molecule has 22 heavy (non-hydrogen) atoms. The number of hydrogen-bond acceptors (Lipinski definition) is 5. The van der Waals surface area contributed by atoms with Gasteiger partial charge >= 0.3 is 0 Å². The van der Waals surface area contributed by atoms with Gasteiger partial charge in [0.25, 0.3) is 5.95 Å². The first kappa shape index (κ1) is 15.0. The van der Waals surface area contributed by atoms with Gasteiger partial charge in [-0.1, -0.05) is 18.2 Å². The molecule has 3 rings (SSSR count). The first-order valence-electron chi connectivity index (χ1n) is 7.98. The SMILES string of the molecule is CC(NCc1nc(N(C)C)no1)c1ccc2c(c1)CCCC2. The maximum Gasteiger partial charge on any atom is 0.265 e. The van der Waals surface area contributed by atoms with Crippen LogP contribution < -0.4 is 10.2 Å². The minimum absolute atomic E-state index is 0.266. The average molecular weight is 300 g/mol. The standard InChI is InChI=1S/C17H24N4O/c1-12(18-11-16-19-17(20-22-16)21(2)3)14-9-8-13-6-4-5-7-15(13)10-14/h8-10,12,18H,4-7,11H2,1-3H3. The van der Waals surface area contributed by atoms with E-state index >= 15 is 0 Å². The zero-order chi connectivity index (χ0) is 15.5. The van der Waals surface area contributed by atoms with Gasteiger partial charge in [-0.3, -0.25) is 0 Å². The Labute approximate surface area is 131 Å². The van der Waals surface area contributed by atoms with Gasteiger partial charge in [-0.15, -0.1) is 0 Å². The molecule has 5 nitrogen and oxygen atoms in total. The molecule has 1 unspecified atom stereocenters. The van der Waals surface area contributed by atoms with Gasteiger partial charge in [-0.25, -0.2) is 0 Å². The van der Waals surface area contributed by atoms with Gasteiger partial charge in [0.05, 0.1) is 6.54 Å². The molecule has 5 heteroatoms. The Kier molecular flexibility index (Phi) is 4.43. The number of fused-ring (bicyclic) bond motifs is 1. The molecular weight excluding hydrogens is 276 g/mol. The predicted octanol–water partition coefficient (Wildman–Crippen LogP) is 2.87. The molecule has 0 spiro atoms. The fourth-order valence-electron chi connectivity index (χ4n) is 2.88. The number of aryl methyl sites for hydroxylation is 2. The summed E-state index contributed by atoms with van der Waals surface area (Å²) in [5.74, 6) is 1.23. The Morgan fingerprint density at radius 1 is 1.23 bits per heavy atom. The molecule has 0 aliphatic heterocycles. The maximum atomic E-state index is 5.24. The number of rotatable bonds is 5. The van der Waals surface area contributed by atoms with E-state index < -0.39 is 0 Å². The van der Waals surface area contributed by atoms with Gasteiger partial charge in [0.1, 0.15) is 0 Å². The minimum Gasteiger partial charge on any atom is -0.344 e. The van der Waals surface area contributed by atoms with E-state index in [9.17, 15) is 0 Å². The first-order chi connectivity index (χ1) is 10.6. The number of hydrogen-bond donors (Lipinski definition) is 1. The highest BCUT2D eigenvalue weighted by molar-refractivity contribution is 5.35. The van der Waals surface area contributed by atoms with E-state index in [1.807, 2.05) is 19.0 Å². The summed E-state index contributed by atoms with van der Waals surface area (Å²) in [4.78, 5) is 6.16. The van der Waals surface area contributed by atoms with E-state index in [1.54, 1.807) is 0 Å². The van der Waals surface area contributed by atoms with Gasteiger partial charge in [-0.05, 0) is 54.5 Å². The third-order valence-corrected chi connectivity index (χ3v) is 4.29. The smallest absolute Gasteiger partial charge is 0.265 e. The van der Waals surface area contributed by atoms with E-state index in [1.165, 1.54) is 42.4 Å². The second kappa shape index (κ2) is 6.48. The van der Waals surface area contributed by atoms with Gasteiger partial charge in [-0.2, -0.15) is 4.98 Å². The normalized spacial score (nSPS) is 15.4. The van der Waals surface area contributed by atoms with Crippen molar-refractivity contribution in [2.24, 2.45) is 0 Å². The Morgan fingerprint density at radius 2 is 2.00 bits per heavy atom. The van der Waals surface area contributed by atoms with Crippen LogP contribution in [0.1, 0.15) is 48.4 Å². The highest BCUT2D eigenvalue weighted by Gasteiger charge is 2.13. The molecular formula is C17H24N4O. The van der Waals surface area contributed by atoms with Crippen LogP contribution in [0.25, 0.3) is 0 Å². The molecule has 0 amide bonds. The molecule has 1 aromatic carbocycles. The summed E-state index contributed by atoms with van der Waals surface area (Å²) in [5.41, 5.74) is 4.37. The molecule has 0 saturated heterocycles. The summed E-state index contributed by atoms with van der Waals surface area (Å²) in [7, 11) is 3.80. The van der Waals surface area contributed by atoms with E-state index in [4.69, 9.17) is 4.52 Å². The Balaban J connectivity index is 1.62. The summed E-state index contributed by atoms with van der Waals surface area (Å²) in [5, 5.41) is 7.38. The topological polar surface area (TPSA) is 54.2 Å². The highest BCUT2D eigenvalue weighted by Crippen LogP contribution is 2.24. The largest absolute Gasteiger partial charge is 0.344 e. The third-order valence-electron chi connectivity index (χ3n) is 4.29. The number of anilines is 1. The van der Waals surface area contributed by atoms with Crippen LogP contribution in [0.2, 0.25) is 0 Å². The van der Waals surface area contributed by atoms with Crippen LogP contribution in [-0.2, 0) is 19.4 Å². The molecule has 0 saturated carbocycles. The van der Waals surface area contributed by atoms with Crippen molar-refractivity contribution in [3.63, 3.8) is 0 Å². The lowest BCUT2D eigenvalue weighted by molar-refractivity contribution is 0.360. The Bertz CT molecular complexity index is 635. The molecule has 1 atom stereocenters. The van der Waals surface area contributed by atoms with Crippen LogP contribution in [-0.4, -0.2) is 24.2 Å². The van der Waals surface area contributed by atoms with Gasteiger partial charge in [0.15, 0.2) is 0 Å². The maximum absolute atomic E-state index is 5.24. The van der Waals surface area contributed by atoms with Crippen LogP contribution in [0, 0.1) is 0 Å². The number of benzene rings is 1. The molecule has 1 aliphatic carbocycles. The molecule has 0 fully saturated rings. The van der Waals surface area contributed by atoms with E-state index in [0.717, 1.165) is 0 Å². The summed E-state index contributed by atoms with van der Waals surface area (Å²) in [6.07, 6.45) is 5.08. The highest BCUT2D eigenvalue weighted by atomic mass is 16.5. The van der Waals surface area contributed by atoms with Crippen molar-refractivity contribution >= 4 is 5.95 Å². The second-order valence-corrected chi connectivity index (χ2v) is 6.22. The lowest BCUT2D eigenvalue weighted by Gasteiger charge is -2.19. The molecule has 1 aromatic heterocycles. The summed E-state index contributed by atoms with van der Waals surface area (Å²) < 4.78 is 5.24. The van der Waals surface area contributed by atoms with Crippen LogP contribution >= 0.6 is 0 Å².